The highest BCUT2D eigenvalue weighted by atomic mass is 35.5. The molecule has 7 nitrogen and oxygen atoms in total. The average Bonchev–Trinajstić information content (AvgIpc) is 3.18. The van der Waals surface area contributed by atoms with Crippen molar-refractivity contribution >= 4 is 37.4 Å². The fourth-order valence-electron chi connectivity index (χ4n) is 3.43. The van der Waals surface area contributed by atoms with Gasteiger partial charge in [0.05, 0.1) is 15.8 Å². The van der Waals surface area contributed by atoms with Gasteiger partial charge in [-0.25, -0.2) is 16.8 Å². The Hall–Kier alpha value is -1.94. The molecule has 0 saturated carbocycles. The molecule has 1 heterocycles. The molecule has 1 aliphatic rings. The Labute approximate surface area is 182 Å². The first-order valence-corrected chi connectivity index (χ1v) is 13.1. The normalized spacial score (nSPS) is 18.8. The summed E-state index contributed by atoms with van der Waals surface area (Å²) in [6.07, 6.45) is 2.14. The molecule has 30 heavy (non-hydrogen) atoms. The molecule has 1 fully saturated rings. The van der Waals surface area contributed by atoms with Gasteiger partial charge in [-0.05, 0) is 61.7 Å². The molecule has 0 aromatic heterocycles. The third-order valence-electron chi connectivity index (χ3n) is 5.09. The first-order valence-electron chi connectivity index (χ1n) is 9.38. The molecule has 2 aromatic rings. The lowest BCUT2D eigenvalue weighted by Crippen LogP contribution is -2.46. The van der Waals surface area contributed by atoms with Crippen LogP contribution in [0.5, 0.6) is 0 Å². The Kier molecular flexibility index (Phi) is 6.57. The van der Waals surface area contributed by atoms with Gasteiger partial charge in [0.1, 0.15) is 6.04 Å². The summed E-state index contributed by atoms with van der Waals surface area (Å²) in [6, 6.07) is 10.9. The van der Waals surface area contributed by atoms with Crippen LogP contribution in [0.25, 0.3) is 0 Å². The first-order chi connectivity index (χ1) is 14.0. The minimum Gasteiger partial charge on any atom is -0.348 e. The minimum absolute atomic E-state index is 0.0935. The molecule has 0 unspecified atom stereocenters. The lowest BCUT2D eigenvalue weighted by Gasteiger charge is -2.25. The molecule has 0 spiro atoms. The fraction of sp³-hybridized carbons (Fsp3) is 0.350. The third kappa shape index (κ3) is 4.85. The van der Waals surface area contributed by atoms with Crippen molar-refractivity contribution in [3.05, 3.63) is 59.1 Å². The van der Waals surface area contributed by atoms with Crippen molar-refractivity contribution in [3.8, 4) is 0 Å². The van der Waals surface area contributed by atoms with Gasteiger partial charge in [-0.3, -0.25) is 4.79 Å². The fourth-order valence-corrected chi connectivity index (χ4v) is 5.84. The van der Waals surface area contributed by atoms with Gasteiger partial charge in [0, 0.05) is 17.8 Å². The van der Waals surface area contributed by atoms with Gasteiger partial charge < -0.3 is 5.32 Å². The molecule has 10 heteroatoms. The lowest BCUT2D eigenvalue weighted by atomic mass is 10.1. The molecule has 2 aromatic carbocycles. The maximum absolute atomic E-state index is 13.0. The number of sulfonamides is 1. The summed E-state index contributed by atoms with van der Waals surface area (Å²) in [7, 11) is -7.13. The maximum Gasteiger partial charge on any atom is 0.243 e. The van der Waals surface area contributed by atoms with Crippen LogP contribution in [0.3, 0.4) is 0 Å². The Bertz CT molecular complexity index is 1130. The highest BCUT2D eigenvalue weighted by molar-refractivity contribution is 7.90. The number of hydrogen-bond donors (Lipinski definition) is 1. The van der Waals surface area contributed by atoms with E-state index in [2.05, 4.69) is 5.32 Å². The second-order valence-electron chi connectivity index (χ2n) is 7.30. The van der Waals surface area contributed by atoms with Crippen molar-refractivity contribution in [1.29, 1.82) is 0 Å². The lowest BCUT2D eigenvalue weighted by molar-refractivity contribution is -0.124. The Morgan fingerprint density at radius 2 is 1.60 bits per heavy atom. The molecule has 0 radical (unpaired) electrons. The van der Waals surface area contributed by atoms with E-state index in [1.807, 2.05) is 0 Å². The van der Waals surface area contributed by atoms with E-state index in [1.54, 1.807) is 19.1 Å². The molecule has 162 valence electrons. The van der Waals surface area contributed by atoms with E-state index in [-0.39, 0.29) is 22.2 Å². The van der Waals surface area contributed by atoms with E-state index >= 15 is 0 Å². The molecular formula is C20H23ClN2O5S2. The van der Waals surface area contributed by atoms with Gasteiger partial charge in [-0.1, -0.05) is 23.7 Å². The summed E-state index contributed by atoms with van der Waals surface area (Å²) < 4.78 is 50.4. The van der Waals surface area contributed by atoms with Crippen molar-refractivity contribution in [2.24, 2.45) is 0 Å². The van der Waals surface area contributed by atoms with E-state index in [1.165, 1.54) is 40.7 Å². The zero-order valence-corrected chi connectivity index (χ0v) is 19.0. The molecule has 1 saturated heterocycles. The first kappa shape index (κ1) is 22.7. The molecule has 3 rings (SSSR count). The third-order valence-corrected chi connectivity index (χ3v) is 8.40. The SMILES string of the molecule is C[C@@H](NC(=O)[C@@H]1CCCN1S(=O)(=O)c1ccc(Cl)cc1)c1ccc(S(C)(=O)=O)cc1. The summed E-state index contributed by atoms with van der Waals surface area (Å²) in [5, 5.41) is 3.27. The number of hydrogen-bond acceptors (Lipinski definition) is 5. The summed E-state index contributed by atoms with van der Waals surface area (Å²) in [5.74, 6) is -0.385. The summed E-state index contributed by atoms with van der Waals surface area (Å²) in [4.78, 5) is 13.2. The standard InChI is InChI=1S/C20H23ClN2O5S2/c1-14(15-5-9-17(10-6-15)29(2,25)26)22-20(24)19-4-3-13-23(19)30(27,28)18-11-7-16(21)8-12-18/h5-12,14,19H,3-4,13H2,1-2H3,(H,22,24)/t14-,19+/m1/s1. The number of amides is 1. The van der Waals surface area contributed by atoms with Crippen LogP contribution in [0.2, 0.25) is 5.02 Å². The van der Waals surface area contributed by atoms with Crippen molar-refractivity contribution in [2.75, 3.05) is 12.8 Å². The number of carbonyl (C=O) groups excluding carboxylic acids is 1. The van der Waals surface area contributed by atoms with Gasteiger partial charge in [0.15, 0.2) is 9.84 Å². The highest BCUT2D eigenvalue weighted by Crippen LogP contribution is 2.27. The number of benzene rings is 2. The second kappa shape index (κ2) is 8.66. The van der Waals surface area contributed by atoms with Gasteiger partial charge in [0.2, 0.25) is 15.9 Å². The van der Waals surface area contributed by atoms with Crippen molar-refractivity contribution in [2.45, 2.75) is 41.6 Å². The van der Waals surface area contributed by atoms with Crippen LogP contribution in [0.1, 0.15) is 31.4 Å². The van der Waals surface area contributed by atoms with Crippen LogP contribution in [0.15, 0.2) is 58.3 Å². The van der Waals surface area contributed by atoms with E-state index in [0.29, 0.717) is 17.9 Å². The van der Waals surface area contributed by atoms with E-state index in [4.69, 9.17) is 11.6 Å². The predicted octanol–water partition coefficient (Wildman–Crippen LogP) is 2.77. The number of halogens is 1. The van der Waals surface area contributed by atoms with Gasteiger partial charge >= 0.3 is 0 Å². The highest BCUT2D eigenvalue weighted by Gasteiger charge is 2.39. The molecule has 1 amide bonds. The predicted molar refractivity (Wildman–Crippen MR) is 114 cm³/mol. The van der Waals surface area contributed by atoms with Crippen molar-refractivity contribution in [3.63, 3.8) is 0 Å². The number of carbonyl (C=O) groups is 1. The summed E-state index contributed by atoms with van der Waals surface area (Å²) in [6.45, 7) is 2.03. The topological polar surface area (TPSA) is 101 Å². The van der Waals surface area contributed by atoms with Crippen LogP contribution >= 0.6 is 11.6 Å². The number of sulfone groups is 1. The molecule has 1 N–H and O–H groups in total. The van der Waals surface area contributed by atoms with E-state index < -0.39 is 31.9 Å². The quantitative estimate of drug-likeness (QED) is 0.699. The van der Waals surface area contributed by atoms with Crippen LogP contribution in [0.4, 0.5) is 0 Å². The van der Waals surface area contributed by atoms with Gasteiger partial charge in [0.25, 0.3) is 0 Å². The second-order valence-corrected chi connectivity index (χ2v) is 11.6. The van der Waals surface area contributed by atoms with Crippen LogP contribution in [-0.4, -0.2) is 45.9 Å². The smallest absolute Gasteiger partial charge is 0.243 e. The maximum atomic E-state index is 13.0. The monoisotopic (exact) mass is 470 g/mol. The number of nitrogens with one attached hydrogen (secondary N) is 1. The summed E-state index contributed by atoms with van der Waals surface area (Å²) >= 11 is 5.84. The Morgan fingerprint density at radius 1 is 1.03 bits per heavy atom. The molecule has 2 atom stereocenters. The van der Waals surface area contributed by atoms with Gasteiger partial charge in [-0.2, -0.15) is 4.31 Å². The zero-order chi connectivity index (χ0) is 22.1. The average molecular weight is 471 g/mol. The summed E-state index contributed by atoms with van der Waals surface area (Å²) in [5.41, 5.74) is 0.723. The van der Waals surface area contributed by atoms with E-state index in [0.717, 1.165) is 11.8 Å². The number of rotatable bonds is 6. The number of nitrogens with zero attached hydrogens (tertiary/aromatic N) is 1. The van der Waals surface area contributed by atoms with Gasteiger partial charge in [-0.15, -0.1) is 0 Å². The minimum atomic E-state index is -3.82. The molecule has 1 aliphatic heterocycles. The van der Waals surface area contributed by atoms with E-state index in [9.17, 15) is 21.6 Å². The molecule has 0 bridgehead atoms. The van der Waals surface area contributed by atoms with Crippen LogP contribution < -0.4 is 5.32 Å². The molecular weight excluding hydrogens is 448 g/mol. The largest absolute Gasteiger partial charge is 0.348 e. The molecule has 0 aliphatic carbocycles. The van der Waals surface area contributed by atoms with Crippen LogP contribution in [0, 0.1) is 0 Å². The zero-order valence-electron chi connectivity index (χ0n) is 16.6. The van der Waals surface area contributed by atoms with Crippen molar-refractivity contribution in [1.82, 2.24) is 9.62 Å². The Morgan fingerprint density at radius 3 is 2.17 bits per heavy atom. The van der Waals surface area contributed by atoms with Crippen LogP contribution in [-0.2, 0) is 24.7 Å². The Balaban J connectivity index is 1.75. The van der Waals surface area contributed by atoms with Crippen molar-refractivity contribution < 1.29 is 21.6 Å².